The number of aromatic carboxylic acids is 1. The Bertz CT molecular complexity index is 583. The third-order valence-electron chi connectivity index (χ3n) is 3.39. The van der Waals surface area contributed by atoms with E-state index in [1.165, 1.54) is 5.51 Å². The maximum atomic E-state index is 12.1. The number of aromatic nitrogens is 1. The van der Waals surface area contributed by atoms with Crippen LogP contribution in [0, 0.1) is 5.92 Å². The number of carboxylic acids is 1. The number of sulfonamides is 1. The summed E-state index contributed by atoms with van der Waals surface area (Å²) < 4.78 is 26.2. The number of carbonyl (C=O) groups is 1. The van der Waals surface area contributed by atoms with Crippen LogP contribution in [0.1, 0.15) is 36.2 Å². The van der Waals surface area contributed by atoms with E-state index in [0.717, 1.165) is 30.6 Å². The summed E-state index contributed by atoms with van der Waals surface area (Å²) in [5.74, 6) is -1.50. The van der Waals surface area contributed by atoms with Crippen molar-refractivity contribution in [3.8, 4) is 0 Å². The molecule has 1 aromatic rings. The predicted octanol–water partition coefficient (Wildman–Crippen LogP) is 0.671. The minimum absolute atomic E-state index is 0.112. The Labute approximate surface area is 120 Å². The molecule has 0 radical (unpaired) electrons. The molecule has 0 spiro atoms. The molecule has 1 saturated carbocycles. The molecule has 2 atom stereocenters. The molecule has 1 aliphatic carbocycles. The number of hydrogen-bond acceptors (Lipinski definition) is 6. The molecule has 0 bridgehead atoms. The first-order valence-electron chi connectivity index (χ1n) is 6.26. The molecule has 1 fully saturated rings. The third kappa shape index (κ3) is 3.35. The maximum absolute atomic E-state index is 12.1. The first kappa shape index (κ1) is 15.4. The van der Waals surface area contributed by atoms with Gasteiger partial charge in [0.05, 0.1) is 11.6 Å². The van der Waals surface area contributed by atoms with Gasteiger partial charge in [-0.25, -0.2) is 22.9 Å². The molecule has 1 aliphatic rings. The van der Waals surface area contributed by atoms with E-state index < -0.39 is 27.8 Å². The number of hydrogen-bond donors (Lipinski definition) is 3. The lowest BCUT2D eigenvalue weighted by Gasteiger charge is -2.27. The van der Waals surface area contributed by atoms with Crippen LogP contribution in [-0.4, -0.2) is 42.2 Å². The van der Waals surface area contributed by atoms with Crippen LogP contribution in [0.2, 0.25) is 0 Å². The highest BCUT2D eigenvalue weighted by Gasteiger charge is 2.28. The van der Waals surface area contributed by atoms with Crippen molar-refractivity contribution in [2.45, 2.75) is 36.0 Å². The number of thiazole rings is 1. The predicted molar refractivity (Wildman–Crippen MR) is 72.2 cm³/mol. The van der Waals surface area contributed by atoms with E-state index >= 15 is 0 Å². The van der Waals surface area contributed by atoms with Crippen molar-refractivity contribution in [3.05, 3.63) is 11.2 Å². The van der Waals surface area contributed by atoms with E-state index in [4.69, 9.17) is 5.11 Å². The van der Waals surface area contributed by atoms with Crippen LogP contribution in [0.5, 0.6) is 0 Å². The topological polar surface area (TPSA) is 117 Å². The maximum Gasteiger partial charge on any atom is 0.356 e. The number of aliphatic hydroxyl groups excluding tert-OH is 1. The molecule has 2 rings (SSSR count). The van der Waals surface area contributed by atoms with Gasteiger partial charge < -0.3 is 10.2 Å². The second-order valence-electron chi connectivity index (χ2n) is 4.76. The van der Waals surface area contributed by atoms with Gasteiger partial charge in [0.15, 0.2) is 9.90 Å². The van der Waals surface area contributed by atoms with Crippen LogP contribution in [0.25, 0.3) is 0 Å². The Balaban J connectivity index is 2.07. The van der Waals surface area contributed by atoms with E-state index in [1.54, 1.807) is 0 Å². The van der Waals surface area contributed by atoms with Crippen LogP contribution in [0.4, 0.5) is 0 Å². The van der Waals surface area contributed by atoms with Crippen molar-refractivity contribution >= 4 is 27.3 Å². The molecule has 3 N–H and O–H groups in total. The Morgan fingerprint density at radius 1 is 1.45 bits per heavy atom. The fourth-order valence-electron chi connectivity index (χ4n) is 2.28. The van der Waals surface area contributed by atoms with Crippen molar-refractivity contribution < 1.29 is 23.4 Å². The van der Waals surface area contributed by atoms with Crippen LogP contribution in [-0.2, 0) is 10.0 Å². The van der Waals surface area contributed by atoms with Gasteiger partial charge in [0, 0.05) is 6.54 Å². The Hall–Kier alpha value is -1.03. The molecule has 20 heavy (non-hydrogen) atoms. The minimum Gasteiger partial charge on any atom is -0.476 e. The number of carboxylic acid groups (broad SMARTS) is 1. The summed E-state index contributed by atoms with van der Waals surface area (Å²) in [5.41, 5.74) is 0.722. The van der Waals surface area contributed by atoms with Gasteiger partial charge in [-0.15, -0.1) is 11.3 Å². The zero-order chi connectivity index (χ0) is 14.8. The summed E-state index contributed by atoms with van der Waals surface area (Å²) >= 11 is 0.767. The van der Waals surface area contributed by atoms with Gasteiger partial charge in [-0.1, -0.05) is 12.8 Å². The average Bonchev–Trinajstić information content (AvgIpc) is 2.88. The molecule has 2 unspecified atom stereocenters. The largest absolute Gasteiger partial charge is 0.476 e. The van der Waals surface area contributed by atoms with Gasteiger partial charge in [0.25, 0.3) is 10.0 Å². The highest BCUT2D eigenvalue weighted by atomic mass is 32.2. The summed E-state index contributed by atoms with van der Waals surface area (Å²) in [4.78, 5) is 14.4. The quantitative estimate of drug-likeness (QED) is 0.734. The molecule has 0 aromatic carbocycles. The summed E-state index contributed by atoms with van der Waals surface area (Å²) in [6.07, 6.45) is 2.84. The van der Waals surface area contributed by atoms with E-state index in [-0.39, 0.29) is 16.7 Å². The molecule has 1 aromatic heterocycles. The SMILES string of the molecule is O=C(O)c1ncsc1S(=O)(=O)NCC1CCCCC1O. The molecule has 0 saturated heterocycles. The first-order valence-corrected chi connectivity index (χ1v) is 8.62. The third-order valence-corrected chi connectivity index (χ3v) is 6.18. The number of nitrogens with zero attached hydrogens (tertiary/aromatic N) is 1. The zero-order valence-electron chi connectivity index (χ0n) is 10.7. The van der Waals surface area contributed by atoms with Crippen LogP contribution >= 0.6 is 11.3 Å². The van der Waals surface area contributed by atoms with Crippen molar-refractivity contribution in [1.82, 2.24) is 9.71 Å². The van der Waals surface area contributed by atoms with Gasteiger partial charge in [-0.05, 0) is 18.8 Å². The van der Waals surface area contributed by atoms with Crippen molar-refractivity contribution in [3.63, 3.8) is 0 Å². The summed E-state index contributed by atoms with van der Waals surface area (Å²) in [7, 11) is -3.90. The van der Waals surface area contributed by atoms with Gasteiger partial charge in [0.2, 0.25) is 0 Å². The van der Waals surface area contributed by atoms with E-state index in [2.05, 4.69) is 9.71 Å². The minimum atomic E-state index is -3.90. The lowest BCUT2D eigenvalue weighted by atomic mass is 9.87. The Morgan fingerprint density at radius 3 is 2.80 bits per heavy atom. The fraction of sp³-hybridized carbons (Fsp3) is 0.636. The zero-order valence-corrected chi connectivity index (χ0v) is 12.3. The number of rotatable bonds is 5. The second kappa shape index (κ2) is 6.17. The molecule has 1 heterocycles. The highest BCUT2D eigenvalue weighted by Crippen LogP contribution is 2.25. The molecule has 7 nitrogen and oxygen atoms in total. The highest BCUT2D eigenvalue weighted by molar-refractivity contribution is 7.91. The van der Waals surface area contributed by atoms with Crippen molar-refractivity contribution in [2.75, 3.05) is 6.54 Å². The lowest BCUT2D eigenvalue weighted by Crippen LogP contribution is -2.36. The van der Waals surface area contributed by atoms with E-state index in [1.807, 2.05) is 0 Å². The van der Waals surface area contributed by atoms with Gasteiger partial charge in [0.1, 0.15) is 0 Å². The molecular formula is C11H16N2O5S2. The van der Waals surface area contributed by atoms with Gasteiger partial charge >= 0.3 is 5.97 Å². The average molecular weight is 320 g/mol. The van der Waals surface area contributed by atoms with Crippen LogP contribution < -0.4 is 4.72 Å². The lowest BCUT2D eigenvalue weighted by molar-refractivity contribution is 0.0685. The van der Waals surface area contributed by atoms with E-state index in [0.29, 0.717) is 6.42 Å². The smallest absolute Gasteiger partial charge is 0.356 e. The van der Waals surface area contributed by atoms with Crippen LogP contribution in [0.3, 0.4) is 0 Å². The van der Waals surface area contributed by atoms with Gasteiger partial charge in [-0.2, -0.15) is 0 Å². The molecule has 112 valence electrons. The van der Waals surface area contributed by atoms with E-state index in [9.17, 15) is 18.3 Å². The molecule has 0 amide bonds. The Kier molecular flexibility index (Phi) is 4.74. The summed E-state index contributed by atoms with van der Waals surface area (Å²) in [6.45, 7) is 0.112. The van der Waals surface area contributed by atoms with Crippen molar-refractivity contribution in [2.24, 2.45) is 5.92 Å². The molecule has 0 aliphatic heterocycles. The van der Waals surface area contributed by atoms with Crippen molar-refractivity contribution in [1.29, 1.82) is 0 Å². The normalized spacial score (nSPS) is 23.6. The first-order chi connectivity index (χ1) is 9.42. The summed E-state index contributed by atoms with van der Waals surface area (Å²) in [6, 6.07) is 0. The van der Waals surface area contributed by atoms with Gasteiger partial charge in [-0.3, -0.25) is 0 Å². The Morgan fingerprint density at radius 2 is 2.15 bits per heavy atom. The fourth-order valence-corrected chi connectivity index (χ4v) is 4.55. The molecular weight excluding hydrogens is 304 g/mol. The second-order valence-corrected chi connectivity index (χ2v) is 7.57. The molecule has 9 heteroatoms. The number of nitrogens with one attached hydrogen (secondary N) is 1. The number of aliphatic hydroxyl groups is 1. The standard InChI is InChI=1S/C11H16N2O5S2/c14-8-4-2-1-3-7(8)5-13-20(17,18)11-9(10(15)16)12-6-19-11/h6-8,13-14H,1-5H2,(H,15,16). The summed E-state index contributed by atoms with van der Waals surface area (Å²) in [5, 5.41) is 18.7. The monoisotopic (exact) mass is 320 g/mol. The van der Waals surface area contributed by atoms with Crippen LogP contribution in [0.15, 0.2) is 9.72 Å².